The summed E-state index contributed by atoms with van der Waals surface area (Å²) in [6.45, 7) is 1.85. The van der Waals surface area contributed by atoms with Gasteiger partial charge in [0.25, 0.3) is 10.0 Å². The molecule has 0 saturated heterocycles. The Morgan fingerprint density at radius 2 is 1.67 bits per heavy atom. The van der Waals surface area contributed by atoms with Crippen molar-refractivity contribution in [2.45, 2.75) is 17.9 Å². The molecule has 0 aromatic heterocycles. The molecule has 0 saturated carbocycles. The maximum absolute atomic E-state index is 13.9. The first kappa shape index (κ1) is 24.0. The van der Waals surface area contributed by atoms with Crippen LogP contribution < -0.4 is 4.72 Å². The van der Waals surface area contributed by atoms with Gasteiger partial charge in [0, 0.05) is 31.0 Å². The maximum atomic E-state index is 13.9. The number of aliphatic hydroxyl groups is 1. The van der Waals surface area contributed by atoms with Gasteiger partial charge in [0.2, 0.25) is 0 Å². The Kier molecular flexibility index (Phi) is 6.71. The Balaban J connectivity index is 1.95. The summed E-state index contributed by atoms with van der Waals surface area (Å²) in [7, 11) is -4.02. The van der Waals surface area contributed by atoms with E-state index in [1.54, 1.807) is 36.4 Å². The number of aryl methyl sites for hydroxylation is 1. The van der Waals surface area contributed by atoms with Crippen LogP contribution >= 0.6 is 39.1 Å². The summed E-state index contributed by atoms with van der Waals surface area (Å²) in [6.07, 6.45) is -1.44. The summed E-state index contributed by atoms with van der Waals surface area (Å²) in [6, 6.07) is 16.7. The van der Waals surface area contributed by atoms with E-state index in [1.807, 2.05) is 6.92 Å². The minimum atomic E-state index is -4.02. The van der Waals surface area contributed by atoms with E-state index in [0.717, 1.165) is 11.6 Å². The zero-order valence-corrected chi connectivity index (χ0v) is 21.0. The van der Waals surface area contributed by atoms with Gasteiger partial charge in [-0.15, -0.1) is 0 Å². The summed E-state index contributed by atoms with van der Waals surface area (Å²) in [5.41, 5.74) is 1.25. The van der Waals surface area contributed by atoms with Crippen LogP contribution in [0.25, 0.3) is 10.8 Å². The zero-order valence-electron chi connectivity index (χ0n) is 17.1. The van der Waals surface area contributed by atoms with Crippen LogP contribution in [0.4, 0.5) is 10.1 Å². The minimum absolute atomic E-state index is 0.0488. The number of hydrogen-bond acceptors (Lipinski definition) is 3. The van der Waals surface area contributed by atoms with Gasteiger partial charge in [-0.05, 0) is 70.7 Å². The summed E-state index contributed by atoms with van der Waals surface area (Å²) < 4.78 is 43.2. The summed E-state index contributed by atoms with van der Waals surface area (Å²) in [5.74, 6) is -0.588. The van der Waals surface area contributed by atoms with E-state index in [4.69, 9.17) is 23.2 Å². The molecule has 0 radical (unpaired) electrons. The van der Waals surface area contributed by atoms with Crippen LogP contribution in [0.3, 0.4) is 0 Å². The van der Waals surface area contributed by atoms with Gasteiger partial charge >= 0.3 is 0 Å². The second-order valence-electron chi connectivity index (χ2n) is 7.47. The number of anilines is 1. The van der Waals surface area contributed by atoms with E-state index >= 15 is 0 Å². The molecule has 0 heterocycles. The van der Waals surface area contributed by atoms with E-state index in [0.29, 0.717) is 20.3 Å². The molecule has 1 atom stereocenters. The molecule has 0 fully saturated rings. The first-order valence-corrected chi connectivity index (χ1v) is 12.7. The lowest BCUT2D eigenvalue weighted by Crippen LogP contribution is -2.16. The largest absolute Gasteiger partial charge is 0.383 e. The monoisotopic (exact) mass is 567 g/mol. The van der Waals surface area contributed by atoms with E-state index in [2.05, 4.69) is 20.7 Å². The molecule has 1 unspecified atom stereocenters. The summed E-state index contributed by atoms with van der Waals surface area (Å²) in [4.78, 5) is 0.0488. The first-order valence-electron chi connectivity index (χ1n) is 9.71. The molecule has 4 aromatic rings. The van der Waals surface area contributed by atoms with Crippen molar-refractivity contribution in [2.24, 2.45) is 0 Å². The standard InChI is InChI=1S/C24H17BrCl2FNO3S/c1-13-5-8-15(9-6-13)33(31,32)29-21-12-17-16(3-2-4-19(17)26)23(25)22(21)24(30)18-11-14(28)7-10-20(18)27/h2-12,24,29-30H,1H3. The average molecular weight is 569 g/mol. The van der Waals surface area contributed by atoms with Gasteiger partial charge < -0.3 is 5.11 Å². The van der Waals surface area contributed by atoms with Crippen LogP contribution in [0.2, 0.25) is 10.0 Å². The van der Waals surface area contributed by atoms with Crippen LogP contribution in [-0.4, -0.2) is 13.5 Å². The van der Waals surface area contributed by atoms with Crippen LogP contribution in [0.1, 0.15) is 22.8 Å². The van der Waals surface area contributed by atoms with Gasteiger partial charge in [0.1, 0.15) is 11.9 Å². The SMILES string of the molecule is Cc1ccc(S(=O)(=O)Nc2cc3c(Cl)cccc3c(Br)c2C(O)c2cc(F)ccc2Cl)cc1. The van der Waals surface area contributed by atoms with Crippen molar-refractivity contribution >= 4 is 65.6 Å². The number of halogens is 4. The van der Waals surface area contributed by atoms with E-state index < -0.39 is 21.9 Å². The number of rotatable bonds is 5. The average Bonchev–Trinajstić information content (AvgIpc) is 2.76. The molecular formula is C24H17BrCl2FNO3S. The number of nitrogens with one attached hydrogen (secondary N) is 1. The van der Waals surface area contributed by atoms with Crippen molar-refractivity contribution in [3.05, 3.63) is 104 Å². The molecule has 2 N–H and O–H groups in total. The molecule has 0 bridgehead atoms. The molecule has 9 heteroatoms. The van der Waals surface area contributed by atoms with Crippen LogP contribution in [-0.2, 0) is 10.0 Å². The molecule has 4 rings (SSSR count). The minimum Gasteiger partial charge on any atom is -0.383 e. The Bertz CT molecular complexity index is 1480. The van der Waals surface area contributed by atoms with Gasteiger partial charge in [0.15, 0.2) is 0 Å². The van der Waals surface area contributed by atoms with E-state index in [9.17, 15) is 17.9 Å². The highest BCUT2D eigenvalue weighted by Crippen LogP contribution is 2.43. The fourth-order valence-corrected chi connectivity index (χ4v) is 5.81. The lowest BCUT2D eigenvalue weighted by atomic mass is 9.96. The molecule has 4 nitrogen and oxygen atoms in total. The molecule has 4 aromatic carbocycles. The molecule has 33 heavy (non-hydrogen) atoms. The predicted molar refractivity (Wildman–Crippen MR) is 134 cm³/mol. The Morgan fingerprint density at radius 3 is 2.36 bits per heavy atom. The van der Waals surface area contributed by atoms with Crippen molar-refractivity contribution < 1.29 is 17.9 Å². The number of hydrogen-bond donors (Lipinski definition) is 2. The second-order valence-corrected chi connectivity index (χ2v) is 10.8. The van der Waals surface area contributed by atoms with Gasteiger partial charge in [0.05, 0.1) is 10.6 Å². The Labute approximate surface area is 209 Å². The van der Waals surface area contributed by atoms with Crippen molar-refractivity contribution in [3.8, 4) is 0 Å². The Hall–Kier alpha value is -2.16. The molecule has 0 aliphatic heterocycles. The van der Waals surface area contributed by atoms with Gasteiger partial charge in [-0.3, -0.25) is 4.72 Å². The normalized spacial score (nSPS) is 12.7. The fourth-order valence-electron chi connectivity index (χ4n) is 3.51. The highest BCUT2D eigenvalue weighted by atomic mass is 79.9. The Morgan fingerprint density at radius 1 is 0.970 bits per heavy atom. The van der Waals surface area contributed by atoms with Gasteiger partial charge in [-0.25, -0.2) is 12.8 Å². The van der Waals surface area contributed by atoms with E-state index in [-0.39, 0.29) is 26.7 Å². The van der Waals surface area contributed by atoms with Gasteiger partial charge in [-0.2, -0.15) is 0 Å². The summed E-state index contributed by atoms with van der Waals surface area (Å²) in [5, 5.41) is 13.0. The van der Waals surface area contributed by atoms with Crippen LogP contribution in [0.5, 0.6) is 0 Å². The zero-order chi connectivity index (χ0) is 23.9. The fraction of sp³-hybridized carbons (Fsp3) is 0.0833. The quantitative estimate of drug-likeness (QED) is 0.267. The number of sulfonamides is 1. The molecule has 170 valence electrons. The third-order valence-corrected chi connectivity index (χ3v) is 8.12. The smallest absolute Gasteiger partial charge is 0.261 e. The van der Waals surface area contributed by atoms with Gasteiger partial charge in [-0.1, -0.05) is 53.0 Å². The molecule has 0 spiro atoms. The van der Waals surface area contributed by atoms with Crippen molar-refractivity contribution in [1.29, 1.82) is 0 Å². The highest BCUT2D eigenvalue weighted by Gasteiger charge is 2.26. The second kappa shape index (κ2) is 9.24. The summed E-state index contributed by atoms with van der Waals surface area (Å²) >= 11 is 16.1. The first-order chi connectivity index (χ1) is 15.6. The maximum Gasteiger partial charge on any atom is 0.261 e. The molecular weight excluding hydrogens is 552 g/mol. The third kappa shape index (κ3) is 4.74. The number of aliphatic hydroxyl groups excluding tert-OH is 1. The number of benzene rings is 4. The lowest BCUT2D eigenvalue weighted by Gasteiger charge is -2.22. The molecule has 0 amide bonds. The van der Waals surface area contributed by atoms with Crippen LogP contribution in [0.15, 0.2) is 76.1 Å². The van der Waals surface area contributed by atoms with Crippen molar-refractivity contribution in [1.82, 2.24) is 0 Å². The van der Waals surface area contributed by atoms with Crippen LogP contribution in [0, 0.1) is 12.7 Å². The highest BCUT2D eigenvalue weighted by molar-refractivity contribution is 9.10. The third-order valence-electron chi connectivity index (χ3n) is 5.21. The molecule has 0 aliphatic rings. The molecule has 0 aliphatic carbocycles. The number of fused-ring (bicyclic) bond motifs is 1. The topological polar surface area (TPSA) is 66.4 Å². The lowest BCUT2D eigenvalue weighted by molar-refractivity contribution is 0.220. The predicted octanol–water partition coefficient (Wildman–Crippen LogP) is 7.24. The van der Waals surface area contributed by atoms with Crippen molar-refractivity contribution in [2.75, 3.05) is 4.72 Å². The van der Waals surface area contributed by atoms with Crippen molar-refractivity contribution in [3.63, 3.8) is 0 Å². The van der Waals surface area contributed by atoms with E-state index in [1.165, 1.54) is 24.3 Å².